The summed E-state index contributed by atoms with van der Waals surface area (Å²) in [7, 11) is 0. The van der Waals surface area contributed by atoms with E-state index in [1.165, 1.54) is 23.3 Å². The third-order valence-corrected chi connectivity index (χ3v) is 7.47. The van der Waals surface area contributed by atoms with Gasteiger partial charge in [0.25, 0.3) is 5.56 Å². The summed E-state index contributed by atoms with van der Waals surface area (Å²) in [6.07, 6.45) is 6.83. The zero-order chi connectivity index (χ0) is 18.8. The molecule has 1 atom stereocenters. The number of fused-ring (bicyclic) bond motifs is 3. The number of para-hydroxylation sites is 1. The first-order valence-corrected chi connectivity index (χ1v) is 11.7. The molecule has 0 spiro atoms. The van der Waals surface area contributed by atoms with Gasteiger partial charge in [0.1, 0.15) is 4.83 Å². The van der Waals surface area contributed by atoms with Crippen LogP contribution in [0.5, 0.6) is 0 Å². The SMILES string of the molecule is CCCCCSc1nc2sc3c(c2c(=O)n1-c1ccccc1)CC[C@H](C)C3. The van der Waals surface area contributed by atoms with Gasteiger partial charge in [0, 0.05) is 10.6 Å². The van der Waals surface area contributed by atoms with Gasteiger partial charge in [0.2, 0.25) is 0 Å². The molecule has 0 saturated carbocycles. The van der Waals surface area contributed by atoms with E-state index in [1.54, 1.807) is 23.1 Å². The van der Waals surface area contributed by atoms with Crippen LogP contribution in [0.3, 0.4) is 0 Å². The molecule has 5 heteroatoms. The number of aromatic nitrogens is 2. The molecule has 0 bridgehead atoms. The molecule has 0 fully saturated rings. The van der Waals surface area contributed by atoms with Crippen molar-refractivity contribution in [2.24, 2.45) is 5.92 Å². The minimum Gasteiger partial charge on any atom is -0.268 e. The van der Waals surface area contributed by atoms with Crippen LogP contribution >= 0.6 is 23.1 Å². The Kier molecular flexibility index (Phi) is 5.69. The van der Waals surface area contributed by atoms with Gasteiger partial charge >= 0.3 is 0 Å². The van der Waals surface area contributed by atoms with Crippen molar-refractivity contribution in [1.29, 1.82) is 0 Å². The Morgan fingerprint density at radius 3 is 2.85 bits per heavy atom. The van der Waals surface area contributed by atoms with Crippen molar-refractivity contribution >= 4 is 33.3 Å². The van der Waals surface area contributed by atoms with E-state index in [-0.39, 0.29) is 5.56 Å². The topological polar surface area (TPSA) is 34.9 Å². The molecule has 3 aromatic rings. The van der Waals surface area contributed by atoms with E-state index in [0.29, 0.717) is 5.92 Å². The van der Waals surface area contributed by atoms with Crippen molar-refractivity contribution in [1.82, 2.24) is 9.55 Å². The van der Waals surface area contributed by atoms with Crippen molar-refractivity contribution in [3.8, 4) is 5.69 Å². The average Bonchev–Trinajstić information content (AvgIpc) is 3.03. The minimum absolute atomic E-state index is 0.108. The summed E-state index contributed by atoms with van der Waals surface area (Å²) >= 11 is 3.46. The van der Waals surface area contributed by atoms with Gasteiger partial charge in [0.05, 0.1) is 11.1 Å². The molecule has 2 heterocycles. The summed E-state index contributed by atoms with van der Waals surface area (Å²) in [6.45, 7) is 4.52. The quantitative estimate of drug-likeness (QED) is 0.297. The molecule has 0 N–H and O–H groups in total. The molecule has 1 aliphatic rings. The number of unbranched alkanes of at least 4 members (excludes halogenated alkanes) is 2. The van der Waals surface area contributed by atoms with Crippen LogP contribution in [-0.4, -0.2) is 15.3 Å². The third kappa shape index (κ3) is 3.72. The number of hydrogen-bond acceptors (Lipinski definition) is 4. The maximum Gasteiger partial charge on any atom is 0.267 e. The van der Waals surface area contributed by atoms with Crippen LogP contribution < -0.4 is 5.56 Å². The normalized spacial score (nSPS) is 16.6. The lowest BCUT2D eigenvalue weighted by Crippen LogP contribution is -2.22. The second kappa shape index (κ2) is 8.19. The monoisotopic (exact) mass is 398 g/mol. The number of benzene rings is 1. The van der Waals surface area contributed by atoms with E-state index in [4.69, 9.17) is 4.98 Å². The van der Waals surface area contributed by atoms with E-state index < -0.39 is 0 Å². The van der Waals surface area contributed by atoms with E-state index in [9.17, 15) is 4.79 Å². The molecule has 27 heavy (non-hydrogen) atoms. The maximum atomic E-state index is 13.6. The van der Waals surface area contributed by atoms with E-state index in [1.807, 2.05) is 34.9 Å². The lowest BCUT2D eigenvalue weighted by molar-refractivity contribution is 0.509. The van der Waals surface area contributed by atoms with Gasteiger partial charge in [-0.25, -0.2) is 4.98 Å². The van der Waals surface area contributed by atoms with E-state index in [2.05, 4.69) is 13.8 Å². The lowest BCUT2D eigenvalue weighted by atomic mass is 9.89. The van der Waals surface area contributed by atoms with Gasteiger partial charge in [-0.15, -0.1) is 11.3 Å². The van der Waals surface area contributed by atoms with Crippen LogP contribution in [0, 0.1) is 5.92 Å². The molecule has 1 aliphatic carbocycles. The first kappa shape index (κ1) is 18.8. The fourth-order valence-corrected chi connectivity index (χ4v) is 6.22. The molecule has 3 nitrogen and oxygen atoms in total. The van der Waals surface area contributed by atoms with E-state index in [0.717, 1.165) is 52.5 Å². The number of aryl methyl sites for hydroxylation is 1. The van der Waals surface area contributed by atoms with Crippen molar-refractivity contribution in [3.05, 3.63) is 51.1 Å². The molecular weight excluding hydrogens is 372 g/mol. The molecule has 0 amide bonds. The number of rotatable bonds is 6. The van der Waals surface area contributed by atoms with Gasteiger partial charge in [-0.1, -0.05) is 56.7 Å². The molecule has 0 unspecified atom stereocenters. The highest BCUT2D eigenvalue weighted by Gasteiger charge is 2.25. The summed E-state index contributed by atoms with van der Waals surface area (Å²) < 4.78 is 1.84. The summed E-state index contributed by atoms with van der Waals surface area (Å²) in [5, 5.41) is 1.70. The highest BCUT2D eigenvalue weighted by atomic mass is 32.2. The number of thiophene rings is 1. The third-order valence-electron chi connectivity index (χ3n) is 5.29. The Hall–Kier alpha value is -1.59. The molecule has 2 aromatic heterocycles. The Labute approximate surface area is 168 Å². The summed E-state index contributed by atoms with van der Waals surface area (Å²) in [4.78, 5) is 20.9. The highest BCUT2D eigenvalue weighted by molar-refractivity contribution is 7.99. The fourth-order valence-electron chi connectivity index (χ4n) is 3.79. The van der Waals surface area contributed by atoms with Crippen molar-refractivity contribution in [2.45, 2.75) is 57.5 Å². The fraction of sp³-hybridized carbons (Fsp3) is 0.455. The first-order valence-electron chi connectivity index (χ1n) is 9.94. The van der Waals surface area contributed by atoms with Crippen LogP contribution in [0.15, 0.2) is 40.3 Å². The Morgan fingerprint density at radius 2 is 2.07 bits per heavy atom. The molecule has 0 aliphatic heterocycles. The maximum absolute atomic E-state index is 13.6. The Bertz CT molecular complexity index is 991. The zero-order valence-electron chi connectivity index (χ0n) is 16.0. The molecule has 0 saturated heterocycles. The minimum atomic E-state index is 0.108. The van der Waals surface area contributed by atoms with Crippen LogP contribution in [0.25, 0.3) is 15.9 Å². The van der Waals surface area contributed by atoms with Gasteiger partial charge in [-0.05, 0) is 49.3 Å². The van der Waals surface area contributed by atoms with Gasteiger partial charge in [-0.2, -0.15) is 0 Å². The number of hydrogen-bond donors (Lipinski definition) is 0. The predicted octanol–water partition coefficient (Wildman–Crippen LogP) is 5.85. The van der Waals surface area contributed by atoms with Crippen molar-refractivity contribution < 1.29 is 0 Å². The molecule has 0 radical (unpaired) electrons. The molecule has 1 aromatic carbocycles. The van der Waals surface area contributed by atoms with Gasteiger partial charge < -0.3 is 0 Å². The van der Waals surface area contributed by atoms with Crippen LogP contribution in [0.1, 0.15) is 50.0 Å². The predicted molar refractivity (Wildman–Crippen MR) is 117 cm³/mol. The highest BCUT2D eigenvalue weighted by Crippen LogP contribution is 2.37. The summed E-state index contributed by atoms with van der Waals surface area (Å²) in [6, 6.07) is 9.98. The molecule has 142 valence electrons. The van der Waals surface area contributed by atoms with Crippen molar-refractivity contribution in [2.75, 3.05) is 5.75 Å². The average molecular weight is 399 g/mol. The van der Waals surface area contributed by atoms with Crippen LogP contribution in [0.4, 0.5) is 0 Å². The number of thioether (sulfide) groups is 1. The van der Waals surface area contributed by atoms with Gasteiger partial charge in [0.15, 0.2) is 5.16 Å². The number of nitrogens with zero attached hydrogens (tertiary/aromatic N) is 2. The molecule has 4 rings (SSSR count). The van der Waals surface area contributed by atoms with E-state index >= 15 is 0 Å². The standard InChI is InChI=1S/C22H26N2OS2/c1-3-4-8-13-26-22-23-20-19(17-12-11-15(2)14-18(17)27-20)21(25)24(22)16-9-6-5-7-10-16/h5-7,9-10,15H,3-4,8,11-14H2,1-2H3/t15-/m0/s1. The lowest BCUT2D eigenvalue weighted by Gasteiger charge is -2.17. The van der Waals surface area contributed by atoms with Crippen LogP contribution in [-0.2, 0) is 12.8 Å². The summed E-state index contributed by atoms with van der Waals surface area (Å²) in [5.41, 5.74) is 2.29. The smallest absolute Gasteiger partial charge is 0.267 e. The second-order valence-corrected chi connectivity index (χ2v) is 9.60. The Morgan fingerprint density at radius 1 is 1.26 bits per heavy atom. The van der Waals surface area contributed by atoms with Crippen LogP contribution in [0.2, 0.25) is 0 Å². The largest absolute Gasteiger partial charge is 0.268 e. The van der Waals surface area contributed by atoms with Crippen molar-refractivity contribution in [3.63, 3.8) is 0 Å². The zero-order valence-corrected chi connectivity index (χ0v) is 17.7. The second-order valence-electron chi connectivity index (χ2n) is 7.46. The first-order chi connectivity index (χ1) is 13.2. The van der Waals surface area contributed by atoms with Gasteiger partial charge in [-0.3, -0.25) is 9.36 Å². The summed E-state index contributed by atoms with van der Waals surface area (Å²) in [5.74, 6) is 1.70. The Balaban J connectivity index is 1.85. The molecular formula is C22H26N2OS2.